The molecule has 5 nitrogen and oxygen atoms in total. The summed E-state index contributed by atoms with van der Waals surface area (Å²) in [7, 11) is 0. The van der Waals surface area contributed by atoms with Crippen molar-refractivity contribution < 1.29 is 4.79 Å². The number of hydrogen-bond donors (Lipinski definition) is 0. The lowest BCUT2D eigenvalue weighted by molar-refractivity contribution is 0.0608. The molecule has 1 amide bonds. The maximum Gasteiger partial charge on any atom is 0.265 e. The second-order valence-corrected chi connectivity index (χ2v) is 7.42. The minimum absolute atomic E-state index is 0.0822. The first-order valence-electron chi connectivity index (χ1n) is 10.00. The number of carbonyl (C=O) groups is 1. The van der Waals surface area contributed by atoms with E-state index in [-0.39, 0.29) is 11.5 Å². The van der Waals surface area contributed by atoms with Crippen molar-refractivity contribution >= 4 is 16.8 Å². The summed E-state index contributed by atoms with van der Waals surface area (Å²) in [5.74, 6) is 0.712. The molecule has 0 N–H and O–H groups in total. The van der Waals surface area contributed by atoms with Crippen LogP contribution in [-0.4, -0.2) is 32.9 Å². The molecule has 5 heteroatoms. The first-order valence-corrected chi connectivity index (χ1v) is 10.00. The van der Waals surface area contributed by atoms with Gasteiger partial charge in [-0.25, -0.2) is 4.98 Å². The zero-order valence-electron chi connectivity index (χ0n) is 16.4. The minimum atomic E-state index is -0.0933. The van der Waals surface area contributed by atoms with Crippen molar-refractivity contribution in [2.45, 2.75) is 45.6 Å². The number of para-hydroxylation sites is 1. The van der Waals surface area contributed by atoms with E-state index in [1.165, 1.54) is 6.42 Å². The highest BCUT2D eigenvalue weighted by Gasteiger charge is 2.26. The Kier molecular flexibility index (Phi) is 4.99. The molecule has 1 fully saturated rings. The number of nitrogens with zero attached hydrogens (tertiary/aromatic N) is 3. The molecule has 1 aliphatic heterocycles. The van der Waals surface area contributed by atoms with E-state index in [2.05, 4.69) is 11.9 Å². The molecule has 1 saturated heterocycles. The Bertz CT molecular complexity index is 1070. The van der Waals surface area contributed by atoms with Gasteiger partial charge in [0.05, 0.1) is 16.6 Å². The van der Waals surface area contributed by atoms with Gasteiger partial charge in [-0.05, 0) is 69.0 Å². The first kappa shape index (κ1) is 18.4. The van der Waals surface area contributed by atoms with Gasteiger partial charge in [0, 0.05) is 18.2 Å². The summed E-state index contributed by atoms with van der Waals surface area (Å²) in [4.78, 5) is 32.5. The molecule has 144 valence electrons. The summed E-state index contributed by atoms with van der Waals surface area (Å²) in [5, 5.41) is 0.590. The quantitative estimate of drug-likeness (QED) is 0.693. The van der Waals surface area contributed by atoms with Gasteiger partial charge < -0.3 is 4.90 Å². The van der Waals surface area contributed by atoms with Crippen LogP contribution in [-0.2, 0) is 0 Å². The van der Waals surface area contributed by atoms with Gasteiger partial charge in [0.25, 0.3) is 11.5 Å². The van der Waals surface area contributed by atoms with E-state index in [4.69, 9.17) is 0 Å². The van der Waals surface area contributed by atoms with Crippen molar-refractivity contribution in [1.29, 1.82) is 0 Å². The largest absolute Gasteiger partial charge is 0.336 e. The number of carbonyl (C=O) groups excluding carboxylic acids is 1. The molecular formula is C23H25N3O2. The summed E-state index contributed by atoms with van der Waals surface area (Å²) < 4.78 is 1.60. The second kappa shape index (κ2) is 7.58. The van der Waals surface area contributed by atoms with E-state index >= 15 is 0 Å². The molecular weight excluding hydrogens is 350 g/mol. The Morgan fingerprint density at radius 3 is 2.61 bits per heavy atom. The summed E-state index contributed by atoms with van der Waals surface area (Å²) >= 11 is 0. The number of piperidine rings is 1. The van der Waals surface area contributed by atoms with Crippen LogP contribution in [0.2, 0.25) is 0 Å². The zero-order chi connectivity index (χ0) is 19.7. The molecule has 2 aromatic carbocycles. The van der Waals surface area contributed by atoms with Crippen molar-refractivity contribution in [2.75, 3.05) is 6.54 Å². The van der Waals surface area contributed by atoms with E-state index in [1.807, 2.05) is 54.3 Å². The Hall–Kier alpha value is -2.95. The molecule has 1 unspecified atom stereocenters. The smallest absolute Gasteiger partial charge is 0.265 e. The molecule has 1 aliphatic rings. The lowest BCUT2D eigenvalue weighted by Gasteiger charge is -2.35. The predicted molar refractivity (Wildman–Crippen MR) is 111 cm³/mol. The number of benzene rings is 2. The summed E-state index contributed by atoms with van der Waals surface area (Å²) in [6, 6.07) is 15.0. The van der Waals surface area contributed by atoms with Gasteiger partial charge in [0.1, 0.15) is 5.82 Å². The number of rotatable bonds is 3. The van der Waals surface area contributed by atoms with Crippen LogP contribution >= 0.6 is 0 Å². The van der Waals surface area contributed by atoms with Crippen molar-refractivity contribution in [3.63, 3.8) is 0 Å². The number of fused-ring (bicyclic) bond motifs is 1. The van der Waals surface area contributed by atoms with Crippen LogP contribution in [0.4, 0.5) is 0 Å². The Morgan fingerprint density at radius 2 is 1.86 bits per heavy atom. The van der Waals surface area contributed by atoms with Crippen LogP contribution in [0, 0.1) is 6.92 Å². The summed E-state index contributed by atoms with van der Waals surface area (Å²) in [6.45, 7) is 4.79. The van der Waals surface area contributed by atoms with E-state index in [0.717, 1.165) is 31.5 Å². The molecule has 0 spiro atoms. The van der Waals surface area contributed by atoms with E-state index in [0.29, 0.717) is 28.3 Å². The molecule has 1 aromatic heterocycles. The van der Waals surface area contributed by atoms with Gasteiger partial charge in [-0.15, -0.1) is 0 Å². The third kappa shape index (κ3) is 3.21. The van der Waals surface area contributed by atoms with Crippen LogP contribution in [0.25, 0.3) is 16.6 Å². The topological polar surface area (TPSA) is 55.2 Å². The predicted octanol–water partition coefficient (Wildman–Crippen LogP) is 4.10. The third-order valence-electron chi connectivity index (χ3n) is 5.68. The number of aromatic nitrogens is 2. The Morgan fingerprint density at radius 1 is 1.11 bits per heavy atom. The summed E-state index contributed by atoms with van der Waals surface area (Å²) in [6.07, 6.45) is 4.33. The monoisotopic (exact) mass is 375 g/mol. The fraction of sp³-hybridized carbons (Fsp3) is 0.348. The fourth-order valence-corrected chi connectivity index (χ4v) is 4.16. The average molecular weight is 375 g/mol. The minimum Gasteiger partial charge on any atom is -0.336 e. The molecule has 0 radical (unpaired) electrons. The van der Waals surface area contributed by atoms with Crippen molar-refractivity contribution in [3.8, 4) is 5.69 Å². The van der Waals surface area contributed by atoms with Crippen molar-refractivity contribution in [1.82, 2.24) is 14.5 Å². The number of amides is 1. The normalized spacial score (nSPS) is 17.1. The fourth-order valence-electron chi connectivity index (χ4n) is 4.16. The highest BCUT2D eigenvalue weighted by atomic mass is 16.2. The molecule has 0 saturated carbocycles. The van der Waals surface area contributed by atoms with Gasteiger partial charge in [-0.1, -0.05) is 19.1 Å². The Balaban J connectivity index is 1.68. The van der Waals surface area contributed by atoms with Crippen LogP contribution in [0.5, 0.6) is 0 Å². The Labute approximate surface area is 164 Å². The van der Waals surface area contributed by atoms with Gasteiger partial charge >= 0.3 is 0 Å². The lowest BCUT2D eigenvalue weighted by atomic mass is 9.99. The molecule has 28 heavy (non-hydrogen) atoms. The number of likely N-dealkylation sites (tertiary alicyclic amines) is 1. The van der Waals surface area contributed by atoms with Gasteiger partial charge in [-0.3, -0.25) is 14.2 Å². The van der Waals surface area contributed by atoms with Gasteiger partial charge in [0.15, 0.2) is 0 Å². The maximum absolute atomic E-state index is 13.0. The van der Waals surface area contributed by atoms with Crippen LogP contribution < -0.4 is 5.56 Å². The zero-order valence-corrected chi connectivity index (χ0v) is 16.4. The van der Waals surface area contributed by atoms with Crippen LogP contribution in [0.15, 0.2) is 53.3 Å². The average Bonchev–Trinajstić information content (AvgIpc) is 2.73. The number of aryl methyl sites for hydroxylation is 1. The first-order chi connectivity index (χ1) is 13.6. The van der Waals surface area contributed by atoms with Crippen LogP contribution in [0.1, 0.15) is 48.8 Å². The maximum atomic E-state index is 13.0. The second-order valence-electron chi connectivity index (χ2n) is 7.42. The molecule has 1 atom stereocenters. The van der Waals surface area contributed by atoms with E-state index in [1.54, 1.807) is 10.6 Å². The molecule has 0 bridgehead atoms. The molecule has 2 heterocycles. The highest BCUT2D eigenvalue weighted by molar-refractivity contribution is 5.94. The molecule has 4 rings (SSSR count). The van der Waals surface area contributed by atoms with E-state index < -0.39 is 0 Å². The molecule has 0 aliphatic carbocycles. The number of hydrogen-bond acceptors (Lipinski definition) is 3. The SMILES string of the molecule is CCC1CCCCN1C(=O)c1ccc(-n2c(C)nc3ccccc3c2=O)cc1. The third-order valence-corrected chi connectivity index (χ3v) is 5.68. The van der Waals surface area contributed by atoms with Gasteiger partial charge in [0.2, 0.25) is 0 Å². The van der Waals surface area contributed by atoms with Gasteiger partial charge in [-0.2, -0.15) is 0 Å². The molecule has 3 aromatic rings. The van der Waals surface area contributed by atoms with Crippen molar-refractivity contribution in [3.05, 3.63) is 70.3 Å². The van der Waals surface area contributed by atoms with Crippen LogP contribution in [0.3, 0.4) is 0 Å². The van der Waals surface area contributed by atoms with Crippen molar-refractivity contribution in [2.24, 2.45) is 0 Å². The van der Waals surface area contributed by atoms with E-state index in [9.17, 15) is 9.59 Å². The standard InChI is InChI=1S/C23H25N3O2/c1-3-18-8-6-7-15-25(18)22(27)17-11-13-19(14-12-17)26-16(2)24-21-10-5-4-9-20(21)23(26)28/h4-5,9-14,18H,3,6-8,15H2,1-2H3. The highest BCUT2D eigenvalue weighted by Crippen LogP contribution is 2.22. The lowest BCUT2D eigenvalue weighted by Crippen LogP contribution is -2.43. The summed E-state index contributed by atoms with van der Waals surface area (Å²) in [5.41, 5.74) is 2.00.